The fourth-order valence-electron chi connectivity index (χ4n) is 3.74. The van der Waals surface area contributed by atoms with E-state index in [1.54, 1.807) is 50.1 Å². The van der Waals surface area contributed by atoms with Crippen LogP contribution in [-0.4, -0.2) is 53.1 Å². The van der Waals surface area contributed by atoms with E-state index in [4.69, 9.17) is 4.74 Å². The van der Waals surface area contributed by atoms with Crippen molar-refractivity contribution >= 4 is 17.5 Å². The highest BCUT2D eigenvalue weighted by molar-refractivity contribution is 5.92. The van der Waals surface area contributed by atoms with E-state index in [-0.39, 0.29) is 17.6 Å². The molecule has 0 bridgehead atoms. The lowest BCUT2D eigenvalue weighted by atomic mass is 10.2. The van der Waals surface area contributed by atoms with Gasteiger partial charge in [-0.05, 0) is 39.0 Å². The summed E-state index contributed by atoms with van der Waals surface area (Å²) in [6, 6.07) is 10.3. The minimum absolute atomic E-state index is 0.262. The van der Waals surface area contributed by atoms with Gasteiger partial charge in [0.05, 0.1) is 36.9 Å². The van der Waals surface area contributed by atoms with Crippen molar-refractivity contribution in [3.8, 4) is 28.5 Å². The lowest BCUT2D eigenvalue weighted by Gasteiger charge is -2.13. The van der Waals surface area contributed by atoms with Crippen molar-refractivity contribution in [1.82, 2.24) is 45.4 Å². The summed E-state index contributed by atoms with van der Waals surface area (Å²) in [6.07, 6.45) is 6.52. The van der Waals surface area contributed by atoms with Gasteiger partial charge in [-0.15, -0.1) is 0 Å². The summed E-state index contributed by atoms with van der Waals surface area (Å²) in [6.45, 7) is 5.64. The standard InChI is InChI=1S/C27H26N10O2/c1-15-9-23(34-24-10-16(2)36-37-24)35-26(32-15)19-5-7-20(28-12-19)27(38)33-17(3)21-13-30-22(14-29-21)18-6-8-25(39-4)31-11-18/h5-14,17H,1-4H3,(H,33,38)(H2,32,34,35,36,37). The summed E-state index contributed by atoms with van der Waals surface area (Å²) in [5.41, 5.74) is 4.75. The maximum absolute atomic E-state index is 12.8. The Bertz CT molecular complexity index is 1580. The molecule has 5 heterocycles. The van der Waals surface area contributed by atoms with Crippen LogP contribution in [0.25, 0.3) is 22.6 Å². The molecule has 0 fully saturated rings. The van der Waals surface area contributed by atoms with Gasteiger partial charge in [-0.1, -0.05) is 0 Å². The number of hydrogen-bond acceptors (Lipinski definition) is 10. The van der Waals surface area contributed by atoms with E-state index in [0.717, 1.165) is 17.0 Å². The molecule has 0 saturated carbocycles. The monoisotopic (exact) mass is 522 g/mol. The van der Waals surface area contributed by atoms with E-state index >= 15 is 0 Å². The number of amides is 1. The van der Waals surface area contributed by atoms with Gasteiger partial charge in [0.15, 0.2) is 11.6 Å². The summed E-state index contributed by atoms with van der Waals surface area (Å²) >= 11 is 0. The van der Waals surface area contributed by atoms with Crippen LogP contribution in [0.15, 0.2) is 61.2 Å². The number of nitrogens with zero attached hydrogens (tertiary/aromatic N) is 7. The van der Waals surface area contributed by atoms with Crippen LogP contribution in [-0.2, 0) is 0 Å². The van der Waals surface area contributed by atoms with Gasteiger partial charge >= 0.3 is 0 Å². The van der Waals surface area contributed by atoms with Crippen LogP contribution in [0, 0.1) is 13.8 Å². The molecular formula is C27H26N10O2. The molecule has 12 heteroatoms. The summed E-state index contributed by atoms with van der Waals surface area (Å²) < 4.78 is 5.08. The second-order valence-corrected chi connectivity index (χ2v) is 8.82. The molecule has 0 aromatic carbocycles. The Labute approximate surface area is 224 Å². The number of aryl methyl sites for hydroxylation is 2. The first kappa shape index (κ1) is 25.4. The van der Waals surface area contributed by atoms with Crippen LogP contribution in [0.2, 0.25) is 0 Å². The Balaban J connectivity index is 1.24. The van der Waals surface area contributed by atoms with Crippen LogP contribution < -0.4 is 15.4 Å². The number of carbonyl (C=O) groups is 1. The molecule has 0 aliphatic heterocycles. The number of aromatic amines is 1. The number of rotatable bonds is 8. The molecule has 1 amide bonds. The first-order chi connectivity index (χ1) is 18.9. The van der Waals surface area contributed by atoms with Crippen LogP contribution in [0.4, 0.5) is 11.6 Å². The number of aromatic nitrogens is 8. The van der Waals surface area contributed by atoms with Crippen molar-refractivity contribution in [2.75, 3.05) is 12.4 Å². The van der Waals surface area contributed by atoms with Crippen LogP contribution >= 0.6 is 0 Å². The van der Waals surface area contributed by atoms with E-state index in [1.807, 2.05) is 39.0 Å². The fraction of sp³-hybridized carbons (Fsp3) is 0.185. The Morgan fingerprint density at radius 2 is 1.72 bits per heavy atom. The highest BCUT2D eigenvalue weighted by Crippen LogP contribution is 2.21. The number of methoxy groups -OCH3 is 1. The van der Waals surface area contributed by atoms with Gasteiger partial charge in [0, 0.05) is 53.1 Å². The van der Waals surface area contributed by atoms with Crippen molar-refractivity contribution < 1.29 is 9.53 Å². The van der Waals surface area contributed by atoms with E-state index in [1.165, 1.54) is 0 Å². The Hall–Kier alpha value is -5.26. The van der Waals surface area contributed by atoms with Crippen molar-refractivity contribution in [1.29, 1.82) is 0 Å². The third kappa shape index (κ3) is 6.01. The average Bonchev–Trinajstić information content (AvgIpc) is 3.37. The number of anilines is 2. The lowest BCUT2D eigenvalue weighted by molar-refractivity contribution is 0.0934. The van der Waals surface area contributed by atoms with Crippen LogP contribution in [0.3, 0.4) is 0 Å². The SMILES string of the molecule is COc1ccc(-c2cnc(C(C)NC(=O)c3ccc(-c4nc(C)cc(Nc5cc(C)[nH]n5)n4)cn3)cn2)cn1. The molecule has 5 aromatic heterocycles. The summed E-state index contributed by atoms with van der Waals surface area (Å²) in [5.74, 6) is 1.94. The zero-order valence-electron chi connectivity index (χ0n) is 21.8. The van der Waals surface area contributed by atoms with Crippen LogP contribution in [0.1, 0.15) is 40.5 Å². The molecule has 0 aliphatic rings. The van der Waals surface area contributed by atoms with Crippen molar-refractivity contribution in [2.45, 2.75) is 26.8 Å². The molecule has 196 valence electrons. The summed E-state index contributed by atoms with van der Waals surface area (Å²) in [7, 11) is 1.56. The topological polar surface area (TPSA) is 156 Å². The number of pyridine rings is 2. The molecule has 0 spiro atoms. The van der Waals surface area contributed by atoms with E-state index < -0.39 is 0 Å². The van der Waals surface area contributed by atoms with Gasteiger partial charge < -0.3 is 15.4 Å². The first-order valence-corrected chi connectivity index (χ1v) is 12.1. The Morgan fingerprint density at radius 3 is 2.36 bits per heavy atom. The number of ether oxygens (including phenoxy) is 1. The summed E-state index contributed by atoms with van der Waals surface area (Å²) in [4.78, 5) is 39.4. The zero-order valence-corrected chi connectivity index (χ0v) is 21.8. The number of carbonyl (C=O) groups excluding carboxylic acids is 1. The number of nitrogens with one attached hydrogen (secondary N) is 3. The van der Waals surface area contributed by atoms with Crippen LogP contribution in [0.5, 0.6) is 5.88 Å². The largest absolute Gasteiger partial charge is 0.481 e. The second kappa shape index (κ2) is 11.0. The second-order valence-electron chi connectivity index (χ2n) is 8.82. The minimum Gasteiger partial charge on any atom is -0.481 e. The van der Waals surface area contributed by atoms with Gasteiger partial charge in [-0.3, -0.25) is 24.8 Å². The van der Waals surface area contributed by atoms with Gasteiger partial charge in [0.2, 0.25) is 5.88 Å². The molecule has 39 heavy (non-hydrogen) atoms. The number of hydrogen-bond donors (Lipinski definition) is 3. The molecule has 5 aromatic rings. The van der Waals surface area contributed by atoms with Gasteiger partial charge in [0.1, 0.15) is 11.5 Å². The Kier molecular flexibility index (Phi) is 7.17. The minimum atomic E-state index is -0.381. The Morgan fingerprint density at radius 1 is 0.897 bits per heavy atom. The van der Waals surface area contributed by atoms with E-state index in [2.05, 4.69) is 50.7 Å². The van der Waals surface area contributed by atoms with Gasteiger partial charge in [0.25, 0.3) is 5.91 Å². The fourth-order valence-corrected chi connectivity index (χ4v) is 3.74. The lowest BCUT2D eigenvalue weighted by Crippen LogP contribution is -2.28. The molecule has 12 nitrogen and oxygen atoms in total. The quantitative estimate of drug-likeness (QED) is 0.272. The highest BCUT2D eigenvalue weighted by atomic mass is 16.5. The maximum atomic E-state index is 12.8. The normalized spacial score (nSPS) is 11.6. The third-order valence-corrected chi connectivity index (χ3v) is 5.77. The molecule has 0 radical (unpaired) electrons. The highest BCUT2D eigenvalue weighted by Gasteiger charge is 2.15. The number of H-pyrrole nitrogens is 1. The van der Waals surface area contributed by atoms with E-state index in [0.29, 0.717) is 40.3 Å². The molecule has 0 saturated heterocycles. The predicted octanol–water partition coefficient (Wildman–Crippen LogP) is 3.97. The van der Waals surface area contributed by atoms with Crippen molar-refractivity contribution in [3.63, 3.8) is 0 Å². The van der Waals surface area contributed by atoms with Crippen molar-refractivity contribution in [3.05, 3.63) is 84.0 Å². The smallest absolute Gasteiger partial charge is 0.270 e. The molecule has 1 unspecified atom stereocenters. The zero-order chi connectivity index (χ0) is 27.4. The third-order valence-electron chi connectivity index (χ3n) is 5.77. The first-order valence-electron chi connectivity index (χ1n) is 12.1. The van der Waals surface area contributed by atoms with Gasteiger partial charge in [-0.25, -0.2) is 15.0 Å². The average molecular weight is 523 g/mol. The predicted molar refractivity (Wildman–Crippen MR) is 144 cm³/mol. The molecule has 0 aliphatic carbocycles. The van der Waals surface area contributed by atoms with Gasteiger partial charge in [-0.2, -0.15) is 5.10 Å². The molecule has 5 rings (SSSR count). The van der Waals surface area contributed by atoms with E-state index in [9.17, 15) is 4.79 Å². The van der Waals surface area contributed by atoms with Crippen molar-refractivity contribution in [2.24, 2.45) is 0 Å². The molecule has 3 N–H and O–H groups in total. The molecular weight excluding hydrogens is 496 g/mol. The maximum Gasteiger partial charge on any atom is 0.270 e. The summed E-state index contributed by atoms with van der Waals surface area (Å²) in [5, 5.41) is 13.1. The molecule has 1 atom stereocenters.